The quantitative estimate of drug-likeness (QED) is 0.601. The number of aromatic nitrogens is 3. The maximum absolute atomic E-state index is 13.4. The zero-order valence-electron chi connectivity index (χ0n) is 17.1. The van der Waals surface area contributed by atoms with Crippen LogP contribution in [0, 0.1) is 26.2 Å². The highest BCUT2D eigenvalue weighted by Crippen LogP contribution is 2.36. The number of alkyl halides is 3. The van der Waals surface area contributed by atoms with Crippen molar-refractivity contribution >= 4 is 16.7 Å². The van der Waals surface area contributed by atoms with E-state index in [4.69, 9.17) is 6.42 Å². The van der Waals surface area contributed by atoms with E-state index in [1.165, 1.54) is 19.1 Å². The van der Waals surface area contributed by atoms with Crippen molar-refractivity contribution in [3.63, 3.8) is 0 Å². The molecule has 1 N–H and O–H groups in total. The Morgan fingerprint density at radius 1 is 1.26 bits per heavy atom. The van der Waals surface area contributed by atoms with Crippen LogP contribution in [0.5, 0.6) is 0 Å². The van der Waals surface area contributed by atoms with Crippen LogP contribution in [-0.2, 0) is 6.18 Å². The molecule has 0 spiro atoms. The van der Waals surface area contributed by atoms with Crippen LogP contribution in [-0.4, -0.2) is 14.5 Å². The number of hydrogen-bond donors (Lipinski definition) is 1. The van der Waals surface area contributed by atoms with Gasteiger partial charge in [-0.05, 0) is 50.3 Å². The summed E-state index contributed by atoms with van der Waals surface area (Å²) >= 11 is 0. The van der Waals surface area contributed by atoms with Gasteiger partial charge in [-0.15, -0.1) is 6.42 Å². The van der Waals surface area contributed by atoms with Gasteiger partial charge in [-0.1, -0.05) is 18.1 Å². The Kier molecular flexibility index (Phi) is 5.21. The molecular weight excluding hydrogens is 405 g/mol. The first-order chi connectivity index (χ1) is 14.7. The lowest BCUT2D eigenvalue weighted by Crippen LogP contribution is -2.28. The van der Waals surface area contributed by atoms with Gasteiger partial charge in [0.1, 0.15) is 17.7 Å². The second-order valence-electron chi connectivity index (χ2n) is 7.78. The summed E-state index contributed by atoms with van der Waals surface area (Å²) in [6, 6.07) is 4.71. The monoisotopic (exact) mass is 426 g/mol. The molecule has 3 aromatic rings. The minimum atomic E-state index is -4.48. The van der Waals surface area contributed by atoms with Crippen molar-refractivity contribution in [1.29, 1.82) is 0 Å². The second-order valence-corrected chi connectivity index (χ2v) is 7.78. The number of hydrogen-bond acceptors (Lipinski definition) is 4. The molecule has 160 valence electrons. The van der Waals surface area contributed by atoms with Crippen LogP contribution < -0.4 is 10.9 Å². The minimum Gasteiger partial charge on any atom is -0.352 e. The van der Waals surface area contributed by atoms with Crippen LogP contribution in [0.4, 0.5) is 19.0 Å². The molecule has 0 radical (unpaired) electrons. The van der Waals surface area contributed by atoms with Crippen LogP contribution in [0.2, 0.25) is 0 Å². The van der Waals surface area contributed by atoms with E-state index in [1.54, 1.807) is 23.8 Å². The van der Waals surface area contributed by atoms with Gasteiger partial charge in [0.2, 0.25) is 0 Å². The van der Waals surface area contributed by atoms with Gasteiger partial charge in [-0.3, -0.25) is 4.79 Å². The van der Waals surface area contributed by atoms with Crippen LogP contribution in [0.25, 0.3) is 10.9 Å². The normalized spacial score (nSPS) is 15.4. The highest BCUT2D eigenvalue weighted by molar-refractivity contribution is 5.88. The summed E-state index contributed by atoms with van der Waals surface area (Å²) in [6.07, 6.45) is 5.87. The fourth-order valence-corrected chi connectivity index (χ4v) is 3.91. The Balaban J connectivity index is 1.80. The van der Waals surface area contributed by atoms with E-state index < -0.39 is 17.8 Å². The van der Waals surface area contributed by atoms with Gasteiger partial charge in [0.25, 0.3) is 5.56 Å². The SMILES string of the molecule is C#C[C@@H](Nc1nc(C)nc2cc(=O)n(C3CCC3)cc12)c1cccc(C(F)(F)F)c1C. The minimum absolute atomic E-state index is 0.0620. The van der Waals surface area contributed by atoms with E-state index >= 15 is 0 Å². The van der Waals surface area contributed by atoms with Gasteiger partial charge in [-0.2, -0.15) is 13.2 Å². The van der Waals surface area contributed by atoms with E-state index in [0.29, 0.717) is 28.1 Å². The average Bonchev–Trinajstić information content (AvgIpc) is 2.65. The smallest absolute Gasteiger partial charge is 0.352 e. The van der Waals surface area contributed by atoms with Gasteiger partial charge < -0.3 is 9.88 Å². The Morgan fingerprint density at radius 2 is 2.00 bits per heavy atom. The zero-order chi connectivity index (χ0) is 22.3. The zero-order valence-corrected chi connectivity index (χ0v) is 17.1. The molecule has 1 atom stereocenters. The molecular formula is C23H21F3N4O. The van der Waals surface area contributed by atoms with E-state index in [2.05, 4.69) is 21.2 Å². The summed E-state index contributed by atoms with van der Waals surface area (Å²) in [5.74, 6) is 3.34. The topological polar surface area (TPSA) is 59.8 Å². The molecule has 1 aliphatic carbocycles. The molecule has 0 unspecified atom stereocenters. The molecule has 2 aromatic heterocycles. The Labute approximate surface area is 177 Å². The Morgan fingerprint density at radius 3 is 2.61 bits per heavy atom. The first-order valence-corrected chi connectivity index (χ1v) is 9.99. The molecule has 2 heterocycles. The summed E-state index contributed by atoms with van der Waals surface area (Å²) < 4.78 is 41.7. The van der Waals surface area contributed by atoms with Crippen molar-refractivity contribution in [2.75, 3.05) is 5.32 Å². The van der Waals surface area contributed by atoms with Crippen LogP contribution in [0.15, 0.2) is 35.3 Å². The van der Waals surface area contributed by atoms with Crippen LogP contribution in [0.1, 0.15) is 53.9 Å². The Bertz CT molecular complexity index is 1250. The van der Waals surface area contributed by atoms with Gasteiger partial charge in [0.15, 0.2) is 0 Å². The number of pyridine rings is 1. The number of halogens is 3. The predicted octanol–water partition coefficient (Wildman–Crippen LogP) is 4.94. The van der Waals surface area contributed by atoms with Gasteiger partial charge in [0, 0.05) is 18.3 Å². The molecule has 1 aliphatic rings. The maximum atomic E-state index is 13.4. The standard InChI is InChI=1S/C23H21F3N4O/c1-4-19(16-9-6-10-18(13(16)2)23(24,25)26)29-22-17-12-30(15-7-5-8-15)21(31)11-20(17)27-14(3)28-22/h1,6,9-12,15,19H,5,7-8H2,2-3H3,(H,27,28,29)/t19-/m1/s1. The average molecular weight is 426 g/mol. The third-order valence-corrected chi connectivity index (χ3v) is 5.78. The van der Waals surface area contributed by atoms with Gasteiger partial charge in [-0.25, -0.2) is 9.97 Å². The number of anilines is 1. The number of terminal acetylenes is 1. The fourth-order valence-electron chi connectivity index (χ4n) is 3.91. The molecule has 5 nitrogen and oxygen atoms in total. The first-order valence-electron chi connectivity index (χ1n) is 9.99. The molecule has 0 amide bonds. The van der Waals surface area contributed by atoms with Crippen molar-refractivity contribution < 1.29 is 13.2 Å². The molecule has 1 saturated carbocycles. The van der Waals surface area contributed by atoms with E-state index in [0.717, 1.165) is 25.3 Å². The first kappa shape index (κ1) is 20.9. The summed E-state index contributed by atoms with van der Waals surface area (Å²) in [5, 5.41) is 3.70. The van der Waals surface area contributed by atoms with Crippen LogP contribution in [0.3, 0.4) is 0 Å². The van der Waals surface area contributed by atoms with Crippen LogP contribution >= 0.6 is 0 Å². The fraction of sp³-hybridized carbons (Fsp3) is 0.348. The molecule has 4 rings (SSSR count). The molecule has 8 heteroatoms. The second kappa shape index (κ2) is 7.73. The lowest BCUT2D eigenvalue weighted by Gasteiger charge is -2.28. The van der Waals surface area contributed by atoms with E-state index in [9.17, 15) is 18.0 Å². The van der Waals surface area contributed by atoms with Crippen molar-refractivity contribution in [2.45, 2.75) is 51.4 Å². The van der Waals surface area contributed by atoms with E-state index in [-0.39, 0.29) is 17.2 Å². The largest absolute Gasteiger partial charge is 0.416 e. The van der Waals surface area contributed by atoms with Gasteiger partial charge in [0.05, 0.1) is 16.5 Å². The van der Waals surface area contributed by atoms with Gasteiger partial charge >= 0.3 is 6.18 Å². The summed E-state index contributed by atoms with van der Waals surface area (Å²) in [6.45, 7) is 3.09. The number of rotatable bonds is 4. The molecule has 31 heavy (non-hydrogen) atoms. The van der Waals surface area contributed by atoms with Crippen molar-refractivity contribution in [3.8, 4) is 12.3 Å². The van der Waals surface area contributed by atoms with Crippen molar-refractivity contribution in [2.24, 2.45) is 0 Å². The van der Waals surface area contributed by atoms with Crippen molar-refractivity contribution in [1.82, 2.24) is 14.5 Å². The number of fused-ring (bicyclic) bond motifs is 1. The lowest BCUT2D eigenvalue weighted by molar-refractivity contribution is -0.138. The third-order valence-electron chi connectivity index (χ3n) is 5.78. The highest BCUT2D eigenvalue weighted by atomic mass is 19.4. The number of aryl methyl sites for hydroxylation is 1. The molecule has 0 bridgehead atoms. The predicted molar refractivity (Wildman–Crippen MR) is 113 cm³/mol. The molecule has 0 saturated heterocycles. The summed E-state index contributed by atoms with van der Waals surface area (Å²) in [7, 11) is 0. The van der Waals surface area contributed by atoms with Crippen molar-refractivity contribution in [3.05, 3.63) is 63.3 Å². The highest BCUT2D eigenvalue weighted by Gasteiger charge is 2.33. The lowest BCUT2D eigenvalue weighted by atomic mass is 9.92. The number of nitrogens with one attached hydrogen (secondary N) is 1. The Hall–Kier alpha value is -3.34. The summed E-state index contributed by atoms with van der Waals surface area (Å²) in [4.78, 5) is 21.3. The summed E-state index contributed by atoms with van der Waals surface area (Å²) in [5.41, 5.74) is 0.00569. The molecule has 0 aliphatic heterocycles. The number of nitrogens with zero attached hydrogens (tertiary/aromatic N) is 3. The molecule has 1 fully saturated rings. The number of benzene rings is 1. The maximum Gasteiger partial charge on any atom is 0.416 e. The van der Waals surface area contributed by atoms with E-state index in [1.807, 2.05) is 0 Å². The molecule has 1 aromatic carbocycles. The third kappa shape index (κ3) is 3.88.